The molecule has 0 nitrogen and oxygen atoms in total. The standard InChI is InChI=1S/C22H32/c1-17-3-7-19(8-4-17)9-10-20-11-15-22(16-12-20)21-13-5-18(2)6-14-21/h5-6,9-10,13-14,17,19-20,22H,3-4,7-8,11-12,15-16H2,1-2H3/b10-9+. The van der Waals surface area contributed by atoms with E-state index < -0.39 is 0 Å². The van der Waals surface area contributed by atoms with Crippen LogP contribution in [0, 0.1) is 24.7 Å². The van der Waals surface area contributed by atoms with E-state index in [0.717, 1.165) is 23.7 Å². The molecular formula is C22H32. The predicted molar refractivity (Wildman–Crippen MR) is 96.1 cm³/mol. The lowest BCUT2D eigenvalue weighted by Gasteiger charge is -2.28. The average Bonchev–Trinajstić information content (AvgIpc) is 2.56. The molecule has 0 saturated heterocycles. The van der Waals surface area contributed by atoms with E-state index in [4.69, 9.17) is 0 Å². The van der Waals surface area contributed by atoms with Gasteiger partial charge in [-0.3, -0.25) is 0 Å². The number of aryl methyl sites for hydroxylation is 1. The SMILES string of the molecule is Cc1ccc(C2CCC(/C=C/C3CCC(C)CC3)CC2)cc1. The maximum atomic E-state index is 2.58. The van der Waals surface area contributed by atoms with Gasteiger partial charge in [-0.2, -0.15) is 0 Å². The number of rotatable bonds is 3. The summed E-state index contributed by atoms with van der Waals surface area (Å²) in [6.07, 6.45) is 16.4. The van der Waals surface area contributed by atoms with Crippen molar-refractivity contribution in [3.63, 3.8) is 0 Å². The van der Waals surface area contributed by atoms with Gasteiger partial charge in [0.2, 0.25) is 0 Å². The Morgan fingerprint density at radius 3 is 1.77 bits per heavy atom. The second-order valence-corrected chi connectivity index (χ2v) is 7.93. The molecule has 3 rings (SSSR count). The lowest BCUT2D eigenvalue weighted by atomic mass is 9.77. The van der Waals surface area contributed by atoms with Gasteiger partial charge in [-0.25, -0.2) is 0 Å². The minimum absolute atomic E-state index is 0.806. The molecule has 2 aliphatic carbocycles. The predicted octanol–water partition coefficient (Wildman–Crippen LogP) is 6.65. The van der Waals surface area contributed by atoms with Crippen LogP contribution in [0.5, 0.6) is 0 Å². The van der Waals surface area contributed by atoms with E-state index in [1.165, 1.54) is 56.9 Å². The molecule has 0 N–H and O–H groups in total. The van der Waals surface area contributed by atoms with Crippen LogP contribution in [0.15, 0.2) is 36.4 Å². The molecule has 1 aromatic carbocycles. The first-order valence-electron chi connectivity index (χ1n) is 9.45. The lowest BCUT2D eigenvalue weighted by Crippen LogP contribution is -2.13. The van der Waals surface area contributed by atoms with Crippen LogP contribution < -0.4 is 0 Å². The third kappa shape index (κ3) is 4.24. The summed E-state index contributed by atoms with van der Waals surface area (Å²) in [6, 6.07) is 9.23. The Labute approximate surface area is 137 Å². The summed E-state index contributed by atoms with van der Waals surface area (Å²) < 4.78 is 0. The van der Waals surface area contributed by atoms with Crippen molar-refractivity contribution in [2.24, 2.45) is 17.8 Å². The highest BCUT2D eigenvalue weighted by Gasteiger charge is 2.21. The Bertz CT molecular complexity index is 465. The van der Waals surface area contributed by atoms with E-state index in [-0.39, 0.29) is 0 Å². The molecule has 0 aromatic heterocycles. The van der Waals surface area contributed by atoms with Crippen molar-refractivity contribution in [1.29, 1.82) is 0 Å². The van der Waals surface area contributed by atoms with Crippen LogP contribution in [0.4, 0.5) is 0 Å². The van der Waals surface area contributed by atoms with E-state index in [2.05, 4.69) is 50.3 Å². The molecule has 2 aliphatic rings. The molecular weight excluding hydrogens is 264 g/mol. The van der Waals surface area contributed by atoms with Crippen molar-refractivity contribution in [1.82, 2.24) is 0 Å². The van der Waals surface area contributed by atoms with Gasteiger partial charge in [0.25, 0.3) is 0 Å². The smallest absolute Gasteiger partial charge is 0.0162 e. The summed E-state index contributed by atoms with van der Waals surface area (Å²) in [5.74, 6) is 3.50. The van der Waals surface area contributed by atoms with Crippen LogP contribution in [0.1, 0.15) is 75.3 Å². The first-order chi connectivity index (χ1) is 10.7. The van der Waals surface area contributed by atoms with Crippen LogP contribution in [-0.4, -0.2) is 0 Å². The van der Waals surface area contributed by atoms with Crippen molar-refractivity contribution in [3.8, 4) is 0 Å². The van der Waals surface area contributed by atoms with Gasteiger partial charge in [0, 0.05) is 0 Å². The van der Waals surface area contributed by atoms with Crippen molar-refractivity contribution < 1.29 is 0 Å². The Morgan fingerprint density at radius 1 is 0.727 bits per heavy atom. The fraction of sp³-hybridized carbons (Fsp3) is 0.636. The van der Waals surface area contributed by atoms with Gasteiger partial charge in [0.15, 0.2) is 0 Å². The Hall–Kier alpha value is -1.04. The molecule has 0 aliphatic heterocycles. The topological polar surface area (TPSA) is 0 Å². The third-order valence-corrected chi connectivity index (χ3v) is 6.04. The highest BCUT2D eigenvalue weighted by molar-refractivity contribution is 5.25. The van der Waals surface area contributed by atoms with E-state index in [1.807, 2.05) is 0 Å². The van der Waals surface area contributed by atoms with Crippen molar-refractivity contribution in [3.05, 3.63) is 47.5 Å². The molecule has 1 aromatic rings. The first kappa shape index (κ1) is 15.8. The zero-order valence-corrected chi connectivity index (χ0v) is 14.4. The lowest BCUT2D eigenvalue weighted by molar-refractivity contribution is 0.327. The van der Waals surface area contributed by atoms with Crippen molar-refractivity contribution in [2.75, 3.05) is 0 Å². The number of allylic oxidation sites excluding steroid dienone is 2. The first-order valence-corrected chi connectivity index (χ1v) is 9.45. The molecule has 0 atom stereocenters. The molecule has 0 radical (unpaired) electrons. The normalized spacial score (nSPS) is 33.2. The van der Waals surface area contributed by atoms with Crippen LogP contribution >= 0.6 is 0 Å². The van der Waals surface area contributed by atoms with E-state index in [1.54, 1.807) is 5.56 Å². The highest BCUT2D eigenvalue weighted by atomic mass is 14.3. The van der Waals surface area contributed by atoms with Crippen LogP contribution in [-0.2, 0) is 0 Å². The van der Waals surface area contributed by atoms with Crippen LogP contribution in [0.25, 0.3) is 0 Å². The summed E-state index contributed by atoms with van der Waals surface area (Å²) in [5.41, 5.74) is 2.94. The van der Waals surface area contributed by atoms with E-state index in [9.17, 15) is 0 Å². The molecule has 0 bridgehead atoms. The van der Waals surface area contributed by atoms with Gasteiger partial charge in [-0.1, -0.05) is 61.7 Å². The number of benzene rings is 1. The second kappa shape index (κ2) is 7.49. The molecule has 120 valence electrons. The molecule has 0 amide bonds. The summed E-state index contributed by atoms with van der Waals surface area (Å²) in [5, 5.41) is 0. The largest absolute Gasteiger partial charge is 0.0851 e. The van der Waals surface area contributed by atoms with Gasteiger partial charge in [-0.05, 0) is 74.7 Å². The number of hydrogen-bond acceptors (Lipinski definition) is 0. The molecule has 0 unspecified atom stereocenters. The Morgan fingerprint density at radius 2 is 1.23 bits per heavy atom. The van der Waals surface area contributed by atoms with Crippen LogP contribution in [0.3, 0.4) is 0 Å². The minimum atomic E-state index is 0.806. The van der Waals surface area contributed by atoms with Gasteiger partial charge in [-0.15, -0.1) is 0 Å². The van der Waals surface area contributed by atoms with Gasteiger partial charge < -0.3 is 0 Å². The molecule has 2 saturated carbocycles. The molecule has 22 heavy (non-hydrogen) atoms. The van der Waals surface area contributed by atoms with Gasteiger partial charge >= 0.3 is 0 Å². The van der Waals surface area contributed by atoms with Gasteiger partial charge in [0.05, 0.1) is 0 Å². The molecule has 0 heteroatoms. The zero-order valence-electron chi connectivity index (χ0n) is 14.4. The highest BCUT2D eigenvalue weighted by Crippen LogP contribution is 2.37. The monoisotopic (exact) mass is 296 g/mol. The van der Waals surface area contributed by atoms with E-state index >= 15 is 0 Å². The fourth-order valence-electron chi connectivity index (χ4n) is 4.28. The maximum absolute atomic E-state index is 2.58. The Kier molecular flexibility index (Phi) is 5.39. The maximum Gasteiger partial charge on any atom is -0.0162 e. The zero-order chi connectivity index (χ0) is 15.4. The van der Waals surface area contributed by atoms with Crippen LogP contribution in [0.2, 0.25) is 0 Å². The fourth-order valence-corrected chi connectivity index (χ4v) is 4.28. The second-order valence-electron chi connectivity index (χ2n) is 7.93. The summed E-state index contributed by atoms with van der Waals surface area (Å²) in [7, 11) is 0. The summed E-state index contributed by atoms with van der Waals surface area (Å²) >= 11 is 0. The van der Waals surface area contributed by atoms with E-state index in [0.29, 0.717) is 0 Å². The Balaban J connectivity index is 1.46. The molecule has 0 heterocycles. The molecule has 0 spiro atoms. The summed E-state index contributed by atoms with van der Waals surface area (Å²) in [4.78, 5) is 0. The number of hydrogen-bond donors (Lipinski definition) is 0. The molecule has 2 fully saturated rings. The van der Waals surface area contributed by atoms with Crippen molar-refractivity contribution >= 4 is 0 Å². The minimum Gasteiger partial charge on any atom is -0.0851 e. The summed E-state index contributed by atoms with van der Waals surface area (Å²) in [6.45, 7) is 4.59. The quantitative estimate of drug-likeness (QED) is 0.548. The van der Waals surface area contributed by atoms with Crippen molar-refractivity contribution in [2.45, 2.75) is 71.1 Å². The average molecular weight is 296 g/mol. The van der Waals surface area contributed by atoms with Gasteiger partial charge in [0.1, 0.15) is 0 Å². The third-order valence-electron chi connectivity index (χ3n) is 6.04.